The van der Waals surface area contributed by atoms with Crippen LogP contribution in [0.15, 0.2) is 41.4 Å². The molecule has 24 heavy (non-hydrogen) atoms. The maximum Gasteiger partial charge on any atom is 0.265 e. The average Bonchev–Trinajstić information content (AvgIpc) is 2.62. The summed E-state index contributed by atoms with van der Waals surface area (Å²) in [6, 6.07) is 8.40. The normalized spacial score (nSPS) is 15.3. The van der Waals surface area contributed by atoms with Crippen LogP contribution in [-0.4, -0.2) is 51.6 Å². The molecule has 0 atom stereocenters. The van der Waals surface area contributed by atoms with E-state index in [4.69, 9.17) is 0 Å². The molecule has 2 aromatic rings. The van der Waals surface area contributed by atoms with Crippen molar-refractivity contribution in [2.75, 3.05) is 42.4 Å². The van der Waals surface area contributed by atoms with Gasteiger partial charge in [-0.05, 0) is 19.1 Å². The van der Waals surface area contributed by atoms with Crippen LogP contribution in [0.4, 0.5) is 11.8 Å². The molecule has 0 bridgehead atoms. The lowest BCUT2D eigenvalue weighted by molar-refractivity contribution is 0.579. The number of aromatic nitrogens is 2. The number of hydrogen-bond donors (Lipinski definition) is 1. The van der Waals surface area contributed by atoms with E-state index in [1.165, 1.54) is 11.4 Å². The summed E-state index contributed by atoms with van der Waals surface area (Å²) in [5.74, 6) is 0.916. The molecule has 128 valence electrons. The molecule has 8 heteroatoms. The van der Waals surface area contributed by atoms with E-state index < -0.39 is 10.0 Å². The number of rotatable bonds is 4. The molecule has 3 rings (SSSR count). The summed E-state index contributed by atoms with van der Waals surface area (Å²) in [6.45, 7) is 5.26. The fourth-order valence-electron chi connectivity index (χ4n) is 2.52. The molecular weight excluding hydrogens is 326 g/mol. The zero-order valence-electron chi connectivity index (χ0n) is 13.8. The van der Waals surface area contributed by atoms with E-state index in [1.54, 1.807) is 36.5 Å². The Kier molecular flexibility index (Phi) is 4.68. The Hall–Kier alpha value is -2.19. The number of hydrogen-bond acceptors (Lipinski definition) is 6. The molecule has 2 heterocycles. The highest BCUT2D eigenvalue weighted by Crippen LogP contribution is 2.22. The molecule has 0 radical (unpaired) electrons. The summed E-state index contributed by atoms with van der Waals surface area (Å²) in [5.41, 5.74) is 1.01. The second-order valence-corrected chi connectivity index (χ2v) is 7.71. The number of anilines is 2. The zero-order valence-corrected chi connectivity index (χ0v) is 14.6. The van der Waals surface area contributed by atoms with Gasteiger partial charge >= 0.3 is 0 Å². The molecule has 0 spiro atoms. The maximum atomic E-state index is 12.8. The Morgan fingerprint density at radius 3 is 2.46 bits per heavy atom. The second-order valence-electron chi connectivity index (χ2n) is 5.74. The average molecular weight is 347 g/mol. The molecule has 1 fully saturated rings. The molecule has 1 aromatic carbocycles. The minimum absolute atomic E-state index is 0.248. The van der Waals surface area contributed by atoms with Crippen molar-refractivity contribution < 1.29 is 8.42 Å². The van der Waals surface area contributed by atoms with Gasteiger partial charge in [0.15, 0.2) is 0 Å². The largest absolute Gasteiger partial charge is 0.338 e. The topological polar surface area (TPSA) is 78.4 Å². The lowest BCUT2D eigenvalue weighted by Gasteiger charge is -2.28. The first-order valence-electron chi connectivity index (χ1n) is 7.83. The fourth-order valence-corrected chi connectivity index (χ4v) is 3.67. The first-order valence-corrected chi connectivity index (χ1v) is 9.27. The summed E-state index contributed by atoms with van der Waals surface area (Å²) in [6.07, 6.45) is 1.60. The van der Waals surface area contributed by atoms with Crippen molar-refractivity contribution in [1.29, 1.82) is 0 Å². The van der Waals surface area contributed by atoms with Gasteiger partial charge in [0.2, 0.25) is 5.95 Å². The number of nitrogens with zero attached hydrogens (tertiary/aromatic N) is 4. The minimum Gasteiger partial charge on any atom is -0.338 e. The van der Waals surface area contributed by atoms with Gasteiger partial charge in [0.25, 0.3) is 10.0 Å². The van der Waals surface area contributed by atoms with Crippen LogP contribution >= 0.6 is 0 Å². The highest BCUT2D eigenvalue weighted by Gasteiger charge is 2.23. The smallest absolute Gasteiger partial charge is 0.265 e. The van der Waals surface area contributed by atoms with E-state index in [0.29, 0.717) is 11.8 Å². The summed E-state index contributed by atoms with van der Waals surface area (Å²) in [5, 5.41) is 3.27. The summed E-state index contributed by atoms with van der Waals surface area (Å²) in [4.78, 5) is 11.0. The van der Waals surface area contributed by atoms with Gasteiger partial charge in [-0.3, -0.25) is 4.31 Å². The predicted molar refractivity (Wildman–Crippen MR) is 93.9 cm³/mol. The van der Waals surface area contributed by atoms with Crippen molar-refractivity contribution in [3.8, 4) is 0 Å². The Morgan fingerprint density at radius 1 is 1.12 bits per heavy atom. The Bertz CT molecular complexity index is 801. The molecule has 1 aliphatic heterocycles. The van der Waals surface area contributed by atoms with Crippen molar-refractivity contribution in [3.05, 3.63) is 42.1 Å². The first-order chi connectivity index (χ1) is 11.5. The molecule has 0 amide bonds. The van der Waals surface area contributed by atoms with E-state index in [2.05, 4.69) is 15.3 Å². The molecule has 0 unspecified atom stereocenters. The summed E-state index contributed by atoms with van der Waals surface area (Å²) in [7, 11) is -2.13. The number of aryl methyl sites for hydroxylation is 1. The quantitative estimate of drug-likeness (QED) is 0.890. The van der Waals surface area contributed by atoms with Gasteiger partial charge in [0.05, 0.1) is 4.90 Å². The minimum atomic E-state index is -3.64. The zero-order chi connectivity index (χ0) is 17.2. The lowest BCUT2D eigenvalue weighted by atomic mass is 10.2. The molecule has 1 aromatic heterocycles. The number of benzene rings is 1. The SMILES string of the molecule is Cc1ccc(S(=O)(=O)N(C)c2ccnc(N3CCNCC3)n2)cc1. The van der Waals surface area contributed by atoms with Crippen molar-refractivity contribution in [1.82, 2.24) is 15.3 Å². The molecular formula is C16H21N5O2S. The van der Waals surface area contributed by atoms with E-state index in [-0.39, 0.29) is 4.90 Å². The van der Waals surface area contributed by atoms with E-state index >= 15 is 0 Å². The Labute approximate surface area is 142 Å². The third-order valence-electron chi connectivity index (χ3n) is 4.03. The van der Waals surface area contributed by atoms with E-state index in [9.17, 15) is 8.42 Å². The highest BCUT2D eigenvalue weighted by molar-refractivity contribution is 7.92. The van der Waals surface area contributed by atoms with Gasteiger partial charge in [-0.2, -0.15) is 4.98 Å². The van der Waals surface area contributed by atoms with Gasteiger partial charge in [0, 0.05) is 45.5 Å². The van der Waals surface area contributed by atoms with Gasteiger partial charge in [-0.1, -0.05) is 17.7 Å². The summed E-state index contributed by atoms with van der Waals surface area (Å²) >= 11 is 0. The number of nitrogens with one attached hydrogen (secondary N) is 1. The van der Waals surface area contributed by atoms with Crippen LogP contribution in [0.5, 0.6) is 0 Å². The molecule has 1 N–H and O–H groups in total. The molecule has 0 saturated carbocycles. The van der Waals surface area contributed by atoms with E-state index in [0.717, 1.165) is 31.7 Å². The fraction of sp³-hybridized carbons (Fsp3) is 0.375. The van der Waals surface area contributed by atoms with Crippen molar-refractivity contribution in [2.45, 2.75) is 11.8 Å². The van der Waals surface area contributed by atoms with Crippen LogP contribution in [-0.2, 0) is 10.0 Å². The van der Waals surface area contributed by atoms with Crippen LogP contribution in [0.2, 0.25) is 0 Å². The van der Waals surface area contributed by atoms with Gasteiger partial charge in [0.1, 0.15) is 5.82 Å². The van der Waals surface area contributed by atoms with Crippen LogP contribution in [0.1, 0.15) is 5.56 Å². The van der Waals surface area contributed by atoms with Crippen LogP contribution in [0.3, 0.4) is 0 Å². The van der Waals surface area contributed by atoms with Crippen molar-refractivity contribution >= 4 is 21.8 Å². The molecule has 1 saturated heterocycles. The first kappa shape index (κ1) is 16.7. The molecule has 0 aliphatic carbocycles. The number of sulfonamides is 1. The number of piperazine rings is 1. The van der Waals surface area contributed by atoms with Crippen molar-refractivity contribution in [3.63, 3.8) is 0 Å². The molecule has 7 nitrogen and oxygen atoms in total. The Balaban J connectivity index is 1.88. The van der Waals surface area contributed by atoms with E-state index in [1.807, 2.05) is 11.8 Å². The van der Waals surface area contributed by atoms with Gasteiger partial charge in [-0.25, -0.2) is 13.4 Å². The summed E-state index contributed by atoms with van der Waals surface area (Å²) < 4.78 is 26.7. The van der Waals surface area contributed by atoms with Crippen molar-refractivity contribution in [2.24, 2.45) is 0 Å². The second kappa shape index (κ2) is 6.74. The molecule has 1 aliphatic rings. The standard InChI is InChI=1S/C16H21N5O2S/c1-13-3-5-14(6-4-13)24(22,23)20(2)15-7-8-18-16(19-15)21-11-9-17-10-12-21/h3-8,17H,9-12H2,1-2H3. The monoisotopic (exact) mass is 347 g/mol. The third-order valence-corrected chi connectivity index (χ3v) is 5.81. The van der Waals surface area contributed by atoms with Crippen LogP contribution in [0, 0.1) is 6.92 Å². The highest BCUT2D eigenvalue weighted by atomic mass is 32.2. The van der Waals surface area contributed by atoms with Gasteiger partial charge in [-0.15, -0.1) is 0 Å². The lowest BCUT2D eigenvalue weighted by Crippen LogP contribution is -2.44. The predicted octanol–water partition coefficient (Wildman–Crippen LogP) is 1.02. The maximum absolute atomic E-state index is 12.8. The van der Waals surface area contributed by atoms with Gasteiger partial charge < -0.3 is 10.2 Å². The van der Waals surface area contributed by atoms with Crippen LogP contribution in [0.25, 0.3) is 0 Å². The third kappa shape index (κ3) is 3.34. The van der Waals surface area contributed by atoms with Crippen LogP contribution < -0.4 is 14.5 Å². The Morgan fingerprint density at radius 2 is 1.79 bits per heavy atom.